The molecule has 3 N–H and O–H groups in total. The third kappa shape index (κ3) is 0.940. The molecule has 0 aromatic carbocycles. The first-order valence-corrected chi connectivity index (χ1v) is 3.59. The molecule has 4 heteroatoms. The molecule has 1 aromatic heterocycles. The summed E-state index contributed by atoms with van der Waals surface area (Å²) < 4.78 is 8.84. The molecule has 0 aliphatic rings. The number of hydrogen-bond donors (Lipinski definition) is 2. The van der Waals surface area contributed by atoms with Gasteiger partial charge in [0.15, 0.2) is 16.1 Å². The van der Waals surface area contributed by atoms with Crippen molar-refractivity contribution in [1.82, 2.24) is 0 Å². The van der Waals surface area contributed by atoms with Crippen LogP contribution in [-0.4, -0.2) is 4.55 Å². The average molecular weight is 151 g/mol. The van der Waals surface area contributed by atoms with Crippen molar-refractivity contribution in [2.45, 2.75) is 0 Å². The Labute approximate surface area is 54.7 Å². The van der Waals surface area contributed by atoms with Crippen LogP contribution in [0.5, 0.6) is 0 Å². The predicted molar refractivity (Wildman–Crippen MR) is 35.7 cm³/mol. The number of nitrogen functional groups attached to an aromatic ring is 1. The van der Waals surface area contributed by atoms with Gasteiger partial charge in [-0.3, -0.25) is 0 Å². The summed E-state index contributed by atoms with van der Waals surface area (Å²) in [6, 6.07) is 1.55. The monoisotopic (exact) mass is 150 g/mol. The van der Waals surface area contributed by atoms with Gasteiger partial charge in [0.2, 0.25) is 0 Å². The first kappa shape index (κ1) is 5.88. The molecule has 1 atom stereocenters. The van der Waals surface area contributed by atoms with Crippen molar-refractivity contribution in [3.63, 3.8) is 0 Å². The highest BCUT2D eigenvalue weighted by atomic mass is 35.5. The molecule has 0 saturated heterocycles. The Bertz CT molecular complexity index is 178. The molecule has 1 rings (SSSR count). The highest BCUT2D eigenvalue weighted by molar-refractivity contribution is 7.27. The number of thiophene rings is 1. The van der Waals surface area contributed by atoms with Crippen molar-refractivity contribution >= 4 is 27.4 Å². The third-order valence-corrected chi connectivity index (χ3v) is 2.17. The van der Waals surface area contributed by atoms with Crippen LogP contribution < -0.4 is 5.73 Å². The van der Waals surface area contributed by atoms with E-state index in [0.717, 1.165) is 0 Å². The van der Waals surface area contributed by atoms with Gasteiger partial charge in [-0.15, -0.1) is 0 Å². The smallest absolute Gasteiger partial charge is 0.275 e. The first-order chi connectivity index (χ1) is 3.70. The summed E-state index contributed by atoms with van der Waals surface area (Å²) >= 11 is 5.45. The van der Waals surface area contributed by atoms with Crippen LogP contribution in [0.25, 0.3) is 0 Å². The van der Waals surface area contributed by atoms with E-state index in [1.54, 1.807) is 6.07 Å². The Morgan fingerprint density at radius 2 is 2.38 bits per heavy atom. The fraction of sp³-hybridized carbons (Fsp3) is 0. The zero-order chi connectivity index (χ0) is 6.15. The zero-order valence-electron chi connectivity index (χ0n) is 3.97. The minimum Gasteiger partial charge on any atom is -0.353 e. The maximum Gasteiger partial charge on any atom is 0.275 e. The third-order valence-electron chi connectivity index (χ3n) is 0.746. The summed E-state index contributed by atoms with van der Waals surface area (Å²) in [4.78, 5) is 0. The number of rotatable bonds is 0. The minimum atomic E-state index is -0.903. The Kier molecular flexibility index (Phi) is 1.42. The van der Waals surface area contributed by atoms with Gasteiger partial charge in [-0.25, -0.2) is 0 Å². The van der Waals surface area contributed by atoms with Gasteiger partial charge in [-0.1, -0.05) is 11.6 Å². The van der Waals surface area contributed by atoms with Crippen LogP contribution in [0.3, 0.4) is 0 Å². The molecule has 0 spiro atoms. The summed E-state index contributed by atoms with van der Waals surface area (Å²) in [6.45, 7) is 0. The van der Waals surface area contributed by atoms with E-state index in [4.69, 9.17) is 21.9 Å². The molecule has 1 aromatic rings. The quantitative estimate of drug-likeness (QED) is 0.554. The molecular formula is C4H5ClNOS+. The summed E-state index contributed by atoms with van der Waals surface area (Å²) in [7, 11) is -0.903. The SMILES string of the molecule is Nc1cc(Cl)c[s+]1O. The van der Waals surface area contributed by atoms with Crippen molar-refractivity contribution in [3.8, 4) is 0 Å². The maximum atomic E-state index is 8.84. The lowest BCUT2D eigenvalue weighted by Gasteiger charge is -1.68. The van der Waals surface area contributed by atoms with Gasteiger partial charge in [0.25, 0.3) is 5.00 Å². The van der Waals surface area contributed by atoms with Gasteiger partial charge >= 0.3 is 0 Å². The molecule has 0 fully saturated rings. The van der Waals surface area contributed by atoms with Crippen LogP contribution in [0.15, 0.2) is 11.4 Å². The topological polar surface area (TPSA) is 46.2 Å². The Morgan fingerprint density at radius 3 is 2.50 bits per heavy atom. The number of halogens is 1. The minimum absolute atomic E-state index is 0.440. The number of hydrogen-bond acceptors (Lipinski definition) is 2. The Hall–Kier alpha value is -0.250. The van der Waals surface area contributed by atoms with Crippen LogP contribution in [0, 0.1) is 0 Å². The summed E-state index contributed by atoms with van der Waals surface area (Å²) in [5, 5.41) is 2.47. The summed E-state index contributed by atoms with van der Waals surface area (Å²) in [5.41, 5.74) is 5.26. The van der Waals surface area contributed by atoms with Crippen molar-refractivity contribution in [3.05, 3.63) is 16.5 Å². The van der Waals surface area contributed by atoms with Gasteiger partial charge in [-0.2, -0.15) is 4.55 Å². The van der Waals surface area contributed by atoms with Gasteiger partial charge in [-0.05, 0) is 0 Å². The molecule has 1 unspecified atom stereocenters. The summed E-state index contributed by atoms with van der Waals surface area (Å²) in [5.74, 6) is 0. The zero-order valence-corrected chi connectivity index (χ0v) is 5.54. The highest BCUT2D eigenvalue weighted by Gasteiger charge is 2.09. The highest BCUT2D eigenvalue weighted by Crippen LogP contribution is 2.28. The van der Waals surface area contributed by atoms with Gasteiger partial charge < -0.3 is 5.73 Å². The lowest BCUT2D eigenvalue weighted by atomic mass is 10.6. The van der Waals surface area contributed by atoms with E-state index >= 15 is 0 Å². The predicted octanol–water partition coefficient (Wildman–Crippen LogP) is 1.81. The van der Waals surface area contributed by atoms with E-state index in [1.807, 2.05) is 0 Å². The second-order valence-corrected chi connectivity index (χ2v) is 3.14. The van der Waals surface area contributed by atoms with Crippen LogP contribution in [-0.2, 0) is 0 Å². The molecule has 44 valence electrons. The molecular weight excluding hydrogens is 146 g/mol. The van der Waals surface area contributed by atoms with E-state index in [2.05, 4.69) is 0 Å². The lowest BCUT2D eigenvalue weighted by Crippen LogP contribution is -1.76. The number of nitrogens with two attached hydrogens (primary N) is 1. The van der Waals surface area contributed by atoms with Crippen LogP contribution >= 0.6 is 22.4 Å². The van der Waals surface area contributed by atoms with Crippen molar-refractivity contribution in [2.24, 2.45) is 0 Å². The van der Waals surface area contributed by atoms with Crippen LogP contribution in [0.2, 0.25) is 5.02 Å². The van der Waals surface area contributed by atoms with Gasteiger partial charge in [0, 0.05) is 6.07 Å². The van der Waals surface area contributed by atoms with Crippen molar-refractivity contribution in [1.29, 1.82) is 0 Å². The molecule has 2 nitrogen and oxygen atoms in total. The second kappa shape index (κ2) is 1.93. The molecule has 1 heterocycles. The van der Waals surface area contributed by atoms with Crippen LogP contribution in [0.4, 0.5) is 5.00 Å². The maximum absolute atomic E-state index is 8.84. The molecule has 0 amide bonds. The molecule has 0 bridgehead atoms. The van der Waals surface area contributed by atoms with E-state index in [9.17, 15) is 0 Å². The largest absolute Gasteiger partial charge is 0.353 e. The fourth-order valence-electron chi connectivity index (χ4n) is 0.405. The van der Waals surface area contributed by atoms with Gasteiger partial charge in [0.05, 0.1) is 0 Å². The van der Waals surface area contributed by atoms with E-state index < -0.39 is 10.8 Å². The molecule has 8 heavy (non-hydrogen) atoms. The van der Waals surface area contributed by atoms with Crippen molar-refractivity contribution < 1.29 is 4.55 Å². The Balaban J connectivity index is 3.14. The van der Waals surface area contributed by atoms with Crippen LogP contribution in [0.1, 0.15) is 0 Å². The van der Waals surface area contributed by atoms with E-state index in [1.165, 1.54) is 5.38 Å². The lowest BCUT2D eigenvalue weighted by molar-refractivity contribution is 0.644. The molecule has 0 radical (unpaired) electrons. The standard InChI is InChI=1S/C4H5ClNOS/c5-3-1-4(6)8(7)2-3/h1-2,7H,6H2/q+1. The normalized spacial score (nSPS) is 12.0. The van der Waals surface area contributed by atoms with Gasteiger partial charge in [0.1, 0.15) is 5.02 Å². The van der Waals surface area contributed by atoms with E-state index in [0.29, 0.717) is 10.0 Å². The summed E-state index contributed by atoms with van der Waals surface area (Å²) in [6.07, 6.45) is 0. The van der Waals surface area contributed by atoms with Crippen molar-refractivity contribution in [2.75, 3.05) is 5.73 Å². The molecule has 0 saturated carbocycles. The second-order valence-electron chi connectivity index (χ2n) is 1.36. The Morgan fingerprint density at radius 1 is 1.75 bits per heavy atom. The average Bonchev–Trinajstić information content (AvgIpc) is 1.85. The molecule has 0 aliphatic carbocycles. The van der Waals surface area contributed by atoms with E-state index in [-0.39, 0.29) is 0 Å². The molecule has 0 aliphatic heterocycles. The fourth-order valence-corrected chi connectivity index (χ4v) is 1.51. The number of anilines is 1. The first-order valence-electron chi connectivity index (χ1n) is 1.97.